The predicted molar refractivity (Wildman–Crippen MR) is 61.2 cm³/mol. The van der Waals surface area contributed by atoms with Crippen LogP contribution >= 0.6 is 0 Å². The van der Waals surface area contributed by atoms with Gasteiger partial charge in [0.1, 0.15) is 0 Å². The van der Waals surface area contributed by atoms with Crippen molar-refractivity contribution < 1.29 is 8.78 Å². The van der Waals surface area contributed by atoms with Crippen molar-refractivity contribution in [1.29, 1.82) is 0 Å². The highest BCUT2D eigenvalue weighted by Crippen LogP contribution is 2.36. The largest absolute Gasteiger partial charge is 0.361 e. The van der Waals surface area contributed by atoms with Gasteiger partial charge in [0, 0.05) is 23.9 Å². The zero-order valence-electron chi connectivity index (χ0n) is 9.43. The van der Waals surface area contributed by atoms with Crippen molar-refractivity contribution in [3.8, 4) is 11.3 Å². The maximum absolute atomic E-state index is 12.5. The van der Waals surface area contributed by atoms with E-state index in [1.807, 2.05) is 38.2 Å². The summed E-state index contributed by atoms with van der Waals surface area (Å²) in [5, 5.41) is 0. The van der Waals surface area contributed by atoms with Crippen LogP contribution < -0.4 is 0 Å². The molecule has 0 aromatic rings. The lowest BCUT2D eigenvalue weighted by Gasteiger charge is -2.10. The van der Waals surface area contributed by atoms with Gasteiger partial charge in [-0.2, -0.15) is 0 Å². The first-order valence-corrected chi connectivity index (χ1v) is 5.46. The van der Waals surface area contributed by atoms with E-state index in [0.717, 1.165) is 22.4 Å². The van der Waals surface area contributed by atoms with E-state index in [1.54, 1.807) is 0 Å². The van der Waals surface area contributed by atoms with Crippen LogP contribution in [0.1, 0.15) is 30.9 Å². The Morgan fingerprint density at radius 2 is 2.06 bits per heavy atom. The standard InChI is InChI=1S/C13H15F2N/c1-8(2)13-9(7-12(14)15)6-11-10(13)4-3-5-16-11/h3-6,8,12,16H,7H2,1-2H3. The van der Waals surface area contributed by atoms with Crippen molar-refractivity contribution >= 4 is 0 Å². The average molecular weight is 223 g/mol. The van der Waals surface area contributed by atoms with Crippen molar-refractivity contribution in [3.63, 3.8) is 0 Å². The molecule has 0 unspecified atom stereocenters. The molecular weight excluding hydrogens is 208 g/mol. The fraction of sp³-hybridized carbons (Fsp3) is 0.385. The van der Waals surface area contributed by atoms with Gasteiger partial charge in [-0.25, -0.2) is 8.78 Å². The highest BCUT2D eigenvalue weighted by molar-refractivity contribution is 5.71. The van der Waals surface area contributed by atoms with Crippen molar-refractivity contribution in [3.05, 3.63) is 35.5 Å². The van der Waals surface area contributed by atoms with E-state index in [1.165, 1.54) is 0 Å². The highest BCUT2D eigenvalue weighted by atomic mass is 19.3. The molecule has 0 bridgehead atoms. The van der Waals surface area contributed by atoms with Gasteiger partial charge in [-0.3, -0.25) is 0 Å². The van der Waals surface area contributed by atoms with Gasteiger partial charge in [0.2, 0.25) is 6.43 Å². The molecule has 1 nitrogen and oxygen atoms in total. The summed E-state index contributed by atoms with van der Waals surface area (Å²) in [5.41, 5.74) is 3.82. The Morgan fingerprint density at radius 3 is 2.69 bits per heavy atom. The molecule has 0 amide bonds. The Labute approximate surface area is 93.8 Å². The van der Waals surface area contributed by atoms with Crippen molar-refractivity contribution in [2.24, 2.45) is 0 Å². The Kier molecular flexibility index (Phi) is 2.95. The number of fused-ring (bicyclic) bond motifs is 1. The molecule has 1 aliphatic carbocycles. The minimum atomic E-state index is -2.28. The van der Waals surface area contributed by atoms with E-state index in [-0.39, 0.29) is 12.3 Å². The van der Waals surface area contributed by atoms with Gasteiger partial charge >= 0.3 is 0 Å². The van der Waals surface area contributed by atoms with Gasteiger partial charge in [0.05, 0.1) is 0 Å². The number of hydrogen-bond donors (Lipinski definition) is 1. The molecule has 1 aliphatic heterocycles. The Morgan fingerprint density at radius 1 is 1.31 bits per heavy atom. The minimum absolute atomic E-state index is 0.157. The molecule has 0 atom stereocenters. The number of aromatic amines is 1. The lowest BCUT2D eigenvalue weighted by molar-refractivity contribution is 0.149. The second kappa shape index (κ2) is 4.24. The van der Waals surface area contributed by atoms with Crippen LogP contribution in [0.4, 0.5) is 8.78 Å². The first kappa shape index (κ1) is 11.1. The van der Waals surface area contributed by atoms with Crippen LogP contribution in [-0.4, -0.2) is 11.4 Å². The topological polar surface area (TPSA) is 15.8 Å². The monoisotopic (exact) mass is 223 g/mol. The second-order valence-electron chi connectivity index (χ2n) is 4.33. The van der Waals surface area contributed by atoms with Gasteiger partial charge in [0.15, 0.2) is 0 Å². The minimum Gasteiger partial charge on any atom is -0.361 e. The van der Waals surface area contributed by atoms with E-state index >= 15 is 0 Å². The summed E-state index contributed by atoms with van der Waals surface area (Å²) in [4.78, 5) is 3.09. The maximum atomic E-state index is 12.5. The van der Waals surface area contributed by atoms with Crippen LogP contribution in [0.15, 0.2) is 24.4 Å². The quantitative estimate of drug-likeness (QED) is 0.808. The van der Waals surface area contributed by atoms with Gasteiger partial charge in [-0.1, -0.05) is 19.9 Å². The maximum Gasteiger partial charge on any atom is 0.242 e. The molecule has 0 aromatic heterocycles. The second-order valence-corrected chi connectivity index (χ2v) is 4.33. The summed E-state index contributed by atoms with van der Waals surface area (Å²) in [6, 6.07) is 5.73. The normalized spacial score (nSPS) is 11.9. The third-order valence-electron chi connectivity index (χ3n) is 2.79. The number of alkyl halides is 2. The first-order chi connectivity index (χ1) is 7.59. The number of aromatic nitrogens is 1. The molecular formula is C13H15F2N. The van der Waals surface area contributed by atoms with Crippen LogP contribution in [0.3, 0.4) is 0 Å². The first-order valence-electron chi connectivity index (χ1n) is 5.46. The third kappa shape index (κ3) is 1.94. The van der Waals surface area contributed by atoms with Crippen molar-refractivity contribution in [2.75, 3.05) is 0 Å². The third-order valence-corrected chi connectivity index (χ3v) is 2.79. The smallest absolute Gasteiger partial charge is 0.242 e. The number of pyridine rings is 1. The molecule has 2 rings (SSSR count). The average Bonchev–Trinajstić information content (AvgIpc) is 2.53. The summed E-state index contributed by atoms with van der Waals surface area (Å²) < 4.78 is 25.0. The molecule has 0 fully saturated rings. The number of halogens is 2. The molecule has 0 spiro atoms. The summed E-state index contributed by atoms with van der Waals surface area (Å²) in [6.45, 7) is 4.08. The number of rotatable bonds is 3. The van der Waals surface area contributed by atoms with Crippen LogP contribution in [0.5, 0.6) is 0 Å². The predicted octanol–water partition coefficient (Wildman–Crippen LogP) is 4.05. The summed E-state index contributed by atoms with van der Waals surface area (Å²) in [5.74, 6) is 0.266. The van der Waals surface area contributed by atoms with Gasteiger partial charge in [-0.05, 0) is 29.2 Å². The van der Waals surface area contributed by atoms with Crippen molar-refractivity contribution in [2.45, 2.75) is 32.6 Å². The van der Waals surface area contributed by atoms with Crippen molar-refractivity contribution in [1.82, 2.24) is 4.98 Å². The lowest BCUT2D eigenvalue weighted by Crippen LogP contribution is -2.00. The molecule has 1 N–H and O–H groups in total. The van der Waals surface area contributed by atoms with E-state index in [2.05, 4.69) is 4.98 Å². The Balaban J connectivity index is 2.54. The number of nitrogens with one attached hydrogen (secondary N) is 1. The zero-order valence-corrected chi connectivity index (χ0v) is 9.43. The molecule has 2 aliphatic rings. The Bertz CT molecular complexity index is 445. The number of hydrogen-bond acceptors (Lipinski definition) is 0. The fourth-order valence-corrected chi connectivity index (χ4v) is 2.25. The van der Waals surface area contributed by atoms with E-state index in [4.69, 9.17) is 0 Å². The van der Waals surface area contributed by atoms with Crippen LogP contribution in [0.25, 0.3) is 11.3 Å². The molecule has 0 saturated heterocycles. The van der Waals surface area contributed by atoms with Crippen LogP contribution in [-0.2, 0) is 6.42 Å². The van der Waals surface area contributed by atoms with Crippen LogP contribution in [0, 0.1) is 0 Å². The van der Waals surface area contributed by atoms with Crippen LogP contribution in [0.2, 0.25) is 0 Å². The molecule has 16 heavy (non-hydrogen) atoms. The zero-order chi connectivity index (χ0) is 11.7. The summed E-state index contributed by atoms with van der Waals surface area (Å²) in [7, 11) is 0. The molecule has 0 radical (unpaired) electrons. The SMILES string of the molecule is CC(C)c1c(CC(F)F)cc2[nH]cccc1-2. The van der Waals surface area contributed by atoms with E-state index in [9.17, 15) is 8.78 Å². The summed E-state index contributed by atoms with van der Waals surface area (Å²) in [6.07, 6.45) is -0.622. The van der Waals surface area contributed by atoms with Gasteiger partial charge in [0.25, 0.3) is 0 Å². The Hall–Kier alpha value is -1.38. The molecule has 1 heterocycles. The van der Waals surface area contributed by atoms with E-state index in [0.29, 0.717) is 0 Å². The molecule has 3 heteroatoms. The highest BCUT2D eigenvalue weighted by Gasteiger charge is 2.20. The molecule has 86 valence electrons. The lowest BCUT2D eigenvalue weighted by atomic mass is 9.96. The number of H-pyrrole nitrogens is 1. The molecule has 0 saturated carbocycles. The fourth-order valence-electron chi connectivity index (χ4n) is 2.25. The molecule has 0 aromatic carbocycles. The van der Waals surface area contributed by atoms with Gasteiger partial charge < -0.3 is 4.98 Å². The van der Waals surface area contributed by atoms with E-state index < -0.39 is 6.43 Å². The van der Waals surface area contributed by atoms with Gasteiger partial charge in [-0.15, -0.1) is 0 Å². The summed E-state index contributed by atoms with van der Waals surface area (Å²) >= 11 is 0.